The molecular weight excluding hydrogens is 300 g/mol. The first-order chi connectivity index (χ1) is 11.8. The van der Waals surface area contributed by atoms with Gasteiger partial charge in [0.25, 0.3) is 0 Å². The van der Waals surface area contributed by atoms with Crippen LogP contribution in [0.2, 0.25) is 0 Å². The summed E-state index contributed by atoms with van der Waals surface area (Å²) in [5.41, 5.74) is 3.69. The largest absolute Gasteiger partial charge is 0.396 e. The van der Waals surface area contributed by atoms with E-state index in [0.717, 1.165) is 18.4 Å². The fourth-order valence-electron chi connectivity index (χ4n) is 3.40. The number of carbonyl (C=O) groups excluding carboxylic acids is 1. The average Bonchev–Trinajstić information content (AvgIpc) is 3.02. The van der Waals surface area contributed by atoms with Crippen LogP contribution in [0.4, 0.5) is 4.79 Å². The lowest BCUT2D eigenvalue weighted by molar-refractivity contribution is 0.234. The van der Waals surface area contributed by atoms with Crippen molar-refractivity contribution in [2.45, 2.75) is 31.2 Å². The molecule has 0 bridgehead atoms. The molecule has 0 radical (unpaired) electrons. The highest BCUT2D eigenvalue weighted by molar-refractivity contribution is 5.74. The van der Waals surface area contributed by atoms with Crippen LogP contribution in [0.5, 0.6) is 0 Å². The van der Waals surface area contributed by atoms with Gasteiger partial charge >= 0.3 is 6.03 Å². The minimum atomic E-state index is -0.143. The predicted molar refractivity (Wildman–Crippen MR) is 94.9 cm³/mol. The van der Waals surface area contributed by atoms with E-state index in [1.807, 2.05) is 42.5 Å². The number of amides is 2. The molecular formula is C20H24N2O2. The fraction of sp³-hybridized carbons (Fsp3) is 0.350. The van der Waals surface area contributed by atoms with Crippen molar-refractivity contribution in [1.29, 1.82) is 0 Å². The van der Waals surface area contributed by atoms with Gasteiger partial charge in [-0.2, -0.15) is 0 Å². The SMILES string of the molecule is O=C(NCC(CCO)c1ccccc1)NC1CCc2ccccc21. The van der Waals surface area contributed by atoms with Gasteiger partial charge in [0.2, 0.25) is 0 Å². The summed E-state index contributed by atoms with van der Waals surface area (Å²) in [4.78, 5) is 12.3. The van der Waals surface area contributed by atoms with Gasteiger partial charge < -0.3 is 15.7 Å². The topological polar surface area (TPSA) is 61.4 Å². The fourth-order valence-corrected chi connectivity index (χ4v) is 3.40. The first-order valence-electron chi connectivity index (χ1n) is 8.56. The molecule has 126 valence electrons. The minimum absolute atomic E-state index is 0.0919. The van der Waals surface area contributed by atoms with Crippen LogP contribution >= 0.6 is 0 Å². The van der Waals surface area contributed by atoms with E-state index >= 15 is 0 Å². The van der Waals surface area contributed by atoms with Gasteiger partial charge in [-0.25, -0.2) is 4.79 Å². The van der Waals surface area contributed by atoms with Gasteiger partial charge in [-0.1, -0.05) is 54.6 Å². The summed E-state index contributed by atoms with van der Waals surface area (Å²) < 4.78 is 0. The maximum absolute atomic E-state index is 12.3. The van der Waals surface area contributed by atoms with Crippen molar-refractivity contribution in [1.82, 2.24) is 10.6 Å². The van der Waals surface area contributed by atoms with Gasteiger partial charge in [-0.3, -0.25) is 0 Å². The monoisotopic (exact) mass is 324 g/mol. The third kappa shape index (κ3) is 3.95. The van der Waals surface area contributed by atoms with Crippen LogP contribution in [-0.2, 0) is 6.42 Å². The lowest BCUT2D eigenvalue weighted by Crippen LogP contribution is -2.39. The molecule has 2 aromatic carbocycles. The van der Waals surface area contributed by atoms with Gasteiger partial charge in [-0.15, -0.1) is 0 Å². The van der Waals surface area contributed by atoms with Gasteiger partial charge in [0.1, 0.15) is 0 Å². The number of carbonyl (C=O) groups is 1. The molecule has 0 spiro atoms. The zero-order valence-corrected chi connectivity index (χ0v) is 13.7. The molecule has 4 heteroatoms. The number of benzene rings is 2. The van der Waals surface area contributed by atoms with Gasteiger partial charge in [0.15, 0.2) is 0 Å². The van der Waals surface area contributed by atoms with Crippen LogP contribution in [-0.4, -0.2) is 24.3 Å². The number of aliphatic hydroxyl groups excluding tert-OH is 1. The summed E-state index contributed by atoms with van der Waals surface area (Å²) >= 11 is 0. The zero-order valence-electron chi connectivity index (χ0n) is 13.7. The van der Waals surface area contributed by atoms with Gasteiger partial charge in [0, 0.05) is 19.1 Å². The Morgan fingerprint density at radius 1 is 1.12 bits per heavy atom. The zero-order chi connectivity index (χ0) is 16.8. The Hall–Kier alpha value is -2.33. The number of rotatable bonds is 6. The Kier molecular flexibility index (Phi) is 5.49. The standard InChI is InChI=1S/C20H24N2O2/c23-13-12-17(15-6-2-1-3-7-15)14-21-20(24)22-19-11-10-16-8-4-5-9-18(16)19/h1-9,17,19,23H,10-14H2,(H2,21,22,24). The molecule has 1 aliphatic carbocycles. The van der Waals surface area contributed by atoms with E-state index in [4.69, 9.17) is 0 Å². The highest BCUT2D eigenvalue weighted by Gasteiger charge is 2.23. The summed E-state index contributed by atoms with van der Waals surface area (Å²) in [6.45, 7) is 0.629. The van der Waals surface area contributed by atoms with Crippen LogP contribution < -0.4 is 10.6 Å². The van der Waals surface area contributed by atoms with Crippen molar-refractivity contribution < 1.29 is 9.90 Å². The number of nitrogens with one attached hydrogen (secondary N) is 2. The Morgan fingerprint density at radius 2 is 1.88 bits per heavy atom. The van der Waals surface area contributed by atoms with E-state index in [9.17, 15) is 9.90 Å². The molecule has 3 N–H and O–H groups in total. The molecule has 0 saturated carbocycles. The molecule has 2 atom stereocenters. The third-order valence-electron chi connectivity index (χ3n) is 4.70. The van der Waals surface area contributed by atoms with Crippen molar-refractivity contribution in [3.8, 4) is 0 Å². The molecule has 0 saturated heterocycles. The van der Waals surface area contributed by atoms with Crippen LogP contribution in [0.15, 0.2) is 54.6 Å². The summed E-state index contributed by atoms with van der Waals surface area (Å²) in [6.07, 6.45) is 2.60. The maximum Gasteiger partial charge on any atom is 0.315 e. The predicted octanol–water partition coefficient (Wildman–Crippen LogP) is 3.14. The van der Waals surface area contributed by atoms with Crippen LogP contribution in [0.3, 0.4) is 0 Å². The molecule has 0 fully saturated rings. The number of urea groups is 1. The lowest BCUT2D eigenvalue weighted by Gasteiger charge is -2.19. The van der Waals surface area contributed by atoms with E-state index in [2.05, 4.69) is 22.8 Å². The second-order valence-electron chi connectivity index (χ2n) is 6.26. The van der Waals surface area contributed by atoms with Crippen LogP contribution in [0.1, 0.15) is 41.5 Å². The summed E-state index contributed by atoms with van der Waals surface area (Å²) in [6, 6.07) is 18.2. The summed E-state index contributed by atoms with van der Waals surface area (Å²) in [7, 11) is 0. The lowest BCUT2D eigenvalue weighted by atomic mass is 9.96. The van der Waals surface area contributed by atoms with E-state index in [1.165, 1.54) is 11.1 Å². The first kappa shape index (κ1) is 16.5. The highest BCUT2D eigenvalue weighted by atomic mass is 16.3. The minimum Gasteiger partial charge on any atom is -0.396 e. The van der Waals surface area contributed by atoms with Crippen LogP contribution in [0, 0.1) is 0 Å². The molecule has 2 amide bonds. The van der Waals surface area contributed by atoms with Gasteiger partial charge in [-0.05, 0) is 36.0 Å². The molecule has 2 unspecified atom stereocenters. The average molecular weight is 324 g/mol. The molecule has 4 nitrogen and oxygen atoms in total. The van der Waals surface area contributed by atoms with Gasteiger partial charge in [0.05, 0.1) is 6.04 Å². The number of hydrogen-bond acceptors (Lipinski definition) is 2. The smallest absolute Gasteiger partial charge is 0.315 e. The highest BCUT2D eigenvalue weighted by Crippen LogP contribution is 2.30. The van der Waals surface area contributed by atoms with Crippen molar-refractivity contribution in [3.05, 3.63) is 71.3 Å². The van der Waals surface area contributed by atoms with Crippen LogP contribution in [0.25, 0.3) is 0 Å². The maximum atomic E-state index is 12.3. The molecule has 3 rings (SSSR count). The molecule has 1 aliphatic rings. The second kappa shape index (κ2) is 7.97. The Morgan fingerprint density at radius 3 is 2.67 bits per heavy atom. The summed E-state index contributed by atoms with van der Waals surface area (Å²) in [5, 5.41) is 15.3. The van der Waals surface area contributed by atoms with Crippen molar-refractivity contribution in [3.63, 3.8) is 0 Å². The quantitative estimate of drug-likeness (QED) is 0.764. The van der Waals surface area contributed by atoms with Crippen molar-refractivity contribution >= 4 is 6.03 Å². The Labute approximate surface area is 142 Å². The molecule has 2 aromatic rings. The molecule has 0 aliphatic heterocycles. The van der Waals surface area contributed by atoms with E-state index < -0.39 is 0 Å². The number of fused-ring (bicyclic) bond motifs is 1. The summed E-state index contributed by atoms with van der Waals surface area (Å²) in [5.74, 6) is 0.123. The van der Waals surface area contributed by atoms with E-state index in [0.29, 0.717) is 13.0 Å². The molecule has 0 heterocycles. The number of hydrogen-bond donors (Lipinski definition) is 3. The first-order valence-corrected chi connectivity index (χ1v) is 8.56. The number of aliphatic hydroxyl groups is 1. The van der Waals surface area contributed by atoms with E-state index in [1.54, 1.807) is 0 Å². The van der Waals surface area contributed by atoms with Crippen molar-refractivity contribution in [2.24, 2.45) is 0 Å². The van der Waals surface area contributed by atoms with Crippen molar-refractivity contribution in [2.75, 3.05) is 13.2 Å². The normalized spacial score (nSPS) is 17.1. The Bertz CT molecular complexity index is 672. The third-order valence-corrected chi connectivity index (χ3v) is 4.70. The molecule has 24 heavy (non-hydrogen) atoms. The Balaban J connectivity index is 1.55. The van der Waals surface area contributed by atoms with E-state index in [-0.39, 0.29) is 24.6 Å². The molecule has 0 aromatic heterocycles. The second-order valence-corrected chi connectivity index (χ2v) is 6.26. The number of aryl methyl sites for hydroxylation is 1.